The zero-order chi connectivity index (χ0) is 13.8. The van der Waals surface area contributed by atoms with Crippen molar-refractivity contribution in [1.82, 2.24) is 10.3 Å². The third-order valence-corrected chi connectivity index (χ3v) is 3.44. The van der Waals surface area contributed by atoms with Crippen LogP contribution < -0.4 is 5.32 Å². The number of hydrogen-bond acceptors (Lipinski definition) is 1. The molecule has 0 radical (unpaired) electrons. The maximum atomic E-state index is 13.5. The molecule has 0 aliphatic heterocycles. The first-order chi connectivity index (χ1) is 9.11. The summed E-state index contributed by atoms with van der Waals surface area (Å²) in [4.78, 5) is 2.89. The van der Waals surface area contributed by atoms with Crippen LogP contribution in [0.15, 0.2) is 18.3 Å². The fourth-order valence-corrected chi connectivity index (χ4v) is 2.31. The molecule has 1 aromatic carbocycles. The van der Waals surface area contributed by atoms with Crippen molar-refractivity contribution in [1.29, 1.82) is 0 Å². The number of aromatic amines is 1. The van der Waals surface area contributed by atoms with Gasteiger partial charge in [-0.25, -0.2) is 8.78 Å². The lowest BCUT2D eigenvalue weighted by Crippen LogP contribution is -2.20. The van der Waals surface area contributed by atoms with Gasteiger partial charge >= 0.3 is 0 Å². The maximum Gasteiger partial charge on any atom is 0.150 e. The molecule has 0 aliphatic rings. The molecule has 19 heavy (non-hydrogen) atoms. The highest BCUT2D eigenvalue weighted by atomic mass is 19.1. The van der Waals surface area contributed by atoms with Crippen molar-refractivity contribution in [2.75, 3.05) is 13.1 Å². The van der Waals surface area contributed by atoms with Crippen molar-refractivity contribution in [2.24, 2.45) is 5.92 Å². The van der Waals surface area contributed by atoms with Crippen molar-refractivity contribution in [2.45, 2.75) is 26.7 Å². The first-order valence-corrected chi connectivity index (χ1v) is 6.77. The van der Waals surface area contributed by atoms with E-state index in [1.54, 1.807) is 6.20 Å². The lowest BCUT2D eigenvalue weighted by molar-refractivity contribution is 0.490. The maximum absolute atomic E-state index is 13.5. The van der Waals surface area contributed by atoms with Crippen LogP contribution in [0.3, 0.4) is 0 Å². The van der Waals surface area contributed by atoms with Crippen LogP contribution >= 0.6 is 0 Å². The number of benzene rings is 1. The average molecular weight is 266 g/mol. The molecular formula is C15H20F2N2. The van der Waals surface area contributed by atoms with E-state index in [1.165, 1.54) is 6.07 Å². The van der Waals surface area contributed by atoms with Gasteiger partial charge in [-0.3, -0.25) is 0 Å². The minimum atomic E-state index is -0.526. The number of H-pyrrole nitrogens is 1. The van der Waals surface area contributed by atoms with E-state index in [-0.39, 0.29) is 0 Å². The van der Waals surface area contributed by atoms with E-state index >= 15 is 0 Å². The largest absolute Gasteiger partial charge is 0.359 e. The molecular weight excluding hydrogens is 246 g/mol. The van der Waals surface area contributed by atoms with Crippen LogP contribution in [0, 0.1) is 17.6 Å². The third kappa shape index (κ3) is 3.32. The summed E-state index contributed by atoms with van der Waals surface area (Å²) in [5.41, 5.74) is 1.38. The van der Waals surface area contributed by atoms with Crippen molar-refractivity contribution in [3.05, 3.63) is 35.5 Å². The highest BCUT2D eigenvalue weighted by Crippen LogP contribution is 2.24. The Labute approximate surface area is 112 Å². The van der Waals surface area contributed by atoms with Gasteiger partial charge in [-0.2, -0.15) is 0 Å². The van der Waals surface area contributed by atoms with Crippen LogP contribution in [0.25, 0.3) is 10.9 Å². The summed E-state index contributed by atoms with van der Waals surface area (Å²) in [6.45, 7) is 6.20. The molecule has 0 amide bonds. The van der Waals surface area contributed by atoms with E-state index in [9.17, 15) is 8.78 Å². The molecule has 0 aliphatic carbocycles. The molecule has 0 fully saturated rings. The Morgan fingerprint density at radius 2 is 2.11 bits per heavy atom. The number of aromatic nitrogens is 1. The SMILES string of the molecule is CCNCC(C)CCc1c[nH]c2c(F)cc(F)cc12. The fraction of sp³-hybridized carbons (Fsp3) is 0.467. The Hall–Kier alpha value is -1.42. The molecule has 1 unspecified atom stereocenters. The molecule has 0 bridgehead atoms. The summed E-state index contributed by atoms with van der Waals surface area (Å²) in [5, 5.41) is 3.97. The molecule has 1 atom stereocenters. The zero-order valence-corrected chi connectivity index (χ0v) is 11.4. The summed E-state index contributed by atoms with van der Waals surface area (Å²) < 4.78 is 26.8. The van der Waals surface area contributed by atoms with E-state index in [0.717, 1.165) is 37.6 Å². The van der Waals surface area contributed by atoms with Gasteiger partial charge in [0.2, 0.25) is 0 Å². The van der Waals surface area contributed by atoms with E-state index < -0.39 is 11.6 Å². The van der Waals surface area contributed by atoms with Gasteiger partial charge in [-0.15, -0.1) is 0 Å². The smallest absolute Gasteiger partial charge is 0.150 e. The zero-order valence-electron chi connectivity index (χ0n) is 11.4. The highest BCUT2D eigenvalue weighted by Gasteiger charge is 2.11. The van der Waals surface area contributed by atoms with Gasteiger partial charge in [0.1, 0.15) is 11.6 Å². The monoisotopic (exact) mass is 266 g/mol. The van der Waals surface area contributed by atoms with Crippen LogP contribution in [0.1, 0.15) is 25.8 Å². The lowest BCUT2D eigenvalue weighted by atomic mass is 10.0. The van der Waals surface area contributed by atoms with Crippen molar-refractivity contribution in [3.8, 4) is 0 Å². The minimum absolute atomic E-state index is 0.399. The molecule has 2 nitrogen and oxygen atoms in total. The van der Waals surface area contributed by atoms with Gasteiger partial charge in [0, 0.05) is 17.6 Å². The number of fused-ring (bicyclic) bond motifs is 1. The van der Waals surface area contributed by atoms with Crippen LogP contribution in [0.5, 0.6) is 0 Å². The summed E-state index contributed by atoms with van der Waals surface area (Å²) in [6.07, 6.45) is 3.61. The van der Waals surface area contributed by atoms with E-state index in [4.69, 9.17) is 0 Å². The quantitative estimate of drug-likeness (QED) is 0.821. The molecule has 104 valence electrons. The van der Waals surface area contributed by atoms with Gasteiger partial charge < -0.3 is 10.3 Å². The molecule has 0 saturated heterocycles. The van der Waals surface area contributed by atoms with Gasteiger partial charge in [-0.05, 0) is 43.5 Å². The summed E-state index contributed by atoms with van der Waals surface area (Å²) in [6, 6.07) is 2.32. The Bertz CT molecular complexity index is 548. The van der Waals surface area contributed by atoms with Gasteiger partial charge in [0.05, 0.1) is 5.52 Å². The molecule has 2 aromatic rings. The Kier molecular flexibility index (Phi) is 4.53. The standard InChI is InChI=1S/C15H20F2N2/c1-3-18-8-10(2)4-5-11-9-19-15-13(11)6-12(16)7-14(15)17/h6-7,9-10,18-19H,3-5,8H2,1-2H3. The molecule has 4 heteroatoms. The van der Waals surface area contributed by atoms with E-state index in [2.05, 4.69) is 24.1 Å². The minimum Gasteiger partial charge on any atom is -0.359 e. The fourth-order valence-electron chi connectivity index (χ4n) is 2.31. The first kappa shape index (κ1) is 14.0. The van der Waals surface area contributed by atoms with Gasteiger partial charge in [0.15, 0.2) is 0 Å². The second kappa shape index (κ2) is 6.15. The van der Waals surface area contributed by atoms with Crippen molar-refractivity contribution in [3.63, 3.8) is 0 Å². The number of nitrogens with one attached hydrogen (secondary N) is 2. The summed E-state index contributed by atoms with van der Waals surface area (Å²) in [5.74, 6) is -0.503. The van der Waals surface area contributed by atoms with E-state index in [1.807, 2.05) is 0 Å². The van der Waals surface area contributed by atoms with Gasteiger partial charge in [-0.1, -0.05) is 13.8 Å². The Morgan fingerprint density at radius 1 is 1.32 bits per heavy atom. The average Bonchev–Trinajstić information content (AvgIpc) is 2.77. The molecule has 1 aromatic heterocycles. The molecule has 0 saturated carbocycles. The molecule has 0 spiro atoms. The molecule has 2 rings (SSSR count). The highest BCUT2D eigenvalue weighted by molar-refractivity contribution is 5.83. The first-order valence-electron chi connectivity index (χ1n) is 6.77. The summed E-state index contributed by atoms with van der Waals surface area (Å²) in [7, 11) is 0. The Balaban J connectivity index is 2.09. The number of hydrogen-bond donors (Lipinski definition) is 2. The van der Waals surface area contributed by atoms with Crippen LogP contribution in [0.2, 0.25) is 0 Å². The number of halogens is 2. The topological polar surface area (TPSA) is 27.8 Å². The number of aryl methyl sites for hydroxylation is 1. The van der Waals surface area contributed by atoms with Crippen molar-refractivity contribution >= 4 is 10.9 Å². The van der Waals surface area contributed by atoms with Crippen LogP contribution in [-0.2, 0) is 6.42 Å². The summed E-state index contributed by atoms with van der Waals surface area (Å²) >= 11 is 0. The number of rotatable bonds is 6. The van der Waals surface area contributed by atoms with Gasteiger partial charge in [0.25, 0.3) is 0 Å². The van der Waals surface area contributed by atoms with Crippen LogP contribution in [-0.4, -0.2) is 18.1 Å². The van der Waals surface area contributed by atoms with Crippen molar-refractivity contribution < 1.29 is 8.78 Å². The lowest BCUT2D eigenvalue weighted by Gasteiger charge is -2.11. The second-order valence-corrected chi connectivity index (χ2v) is 5.08. The normalized spacial score (nSPS) is 13.1. The predicted octanol–water partition coefficient (Wildman–Crippen LogP) is 3.62. The molecule has 2 N–H and O–H groups in total. The second-order valence-electron chi connectivity index (χ2n) is 5.08. The van der Waals surface area contributed by atoms with Crippen LogP contribution in [0.4, 0.5) is 8.78 Å². The predicted molar refractivity (Wildman–Crippen MR) is 74.2 cm³/mol. The molecule has 1 heterocycles. The van der Waals surface area contributed by atoms with E-state index in [0.29, 0.717) is 16.8 Å². The Morgan fingerprint density at radius 3 is 2.84 bits per heavy atom. The third-order valence-electron chi connectivity index (χ3n) is 3.44.